The largest absolute Gasteiger partial charge is 0.443 e. The van der Waals surface area contributed by atoms with Crippen molar-refractivity contribution in [1.82, 2.24) is 4.57 Å². The summed E-state index contributed by atoms with van der Waals surface area (Å²) in [6.07, 6.45) is 1.18. The van der Waals surface area contributed by atoms with Crippen LogP contribution in [-0.2, 0) is 11.2 Å². The average molecular weight is 258 g/mol. The maximum absolute atomic E-state index is 12.4. The van der Waals surface area contributed by atoms with Crippen LogP contribution < -0.4 is 0 Å². The van der Waals surface area contributed by atoms with Crippen molar-refractivity contribution >= 4 is 17.0 Å². The quantitative estimate of drug-likeness (QED) is 0.808. The Bertz CT molecular complexity index is 590. The molecule has 0 aliphatic carbocycles. The van der Waals surface area contributed by atoms with Crippen molar-refractivity contribution < 1.29 is 9.53 Å². The Labute approximate surface area is 114 Å². The van der Waals surface area contributed by atoms with Crippen molar-refractivity contribution in [2.24, 2.45) is 0 Å². The van der Waals surface area contributed by atoms with Gasteiger partial charge in [-0.3, -0.25) is 0 Å². The van der Waals surface area contributed by atoms with E-state index in [1.807, 2.05) is 51.1 Å². The molecule has 0 saturated heterocycles. The first kappa shape index (κ1) is 13.7. The van der Waals surface area contributed by atoms with Crippen molar-refractivity contribution in [1.29, 1.82) is 0 Å². The lowest BCUT2D eigenvalue weighted by Gasteiger charge is -2.20. The molecule has 19 heavy (non-hydrogen) atoms. The zero-order chi connectivity index (χ0) is 14.0. The lowest BCUT2D eigenvalue weighted by atomic mass is 10.2. The Morgan fingerprint density at radius 2 is 2.00 bits per heavy atom. The van der Waals surface area contributed by atoms with Gasteiger partial charge in [0, 0.05) is 11.1 Å². The molecule has 2 rings (SSSR count). The van der Waals surface area contributed by atoms with E-state index in [4.69, 9.17) is 4.74 Å². The molecule has 2 aromatic rings. The molecule has 0 saturated carbocycles. The Morgan fingerprint density at radius 3 is 2.63 bits per heavy atom. The van der Waals surface area contributed by atoms with E-state index in [0.29, 0.717) is 0 Å². The van der Waals surface area contributed by atoms with E-state index < -0.39 is 5.60 Å². The summed E-state index contributed by atoms with van der Waals surface area (Å²) in [4.78, 5) is 12.4. The second-order valence-corrected chi connectivity index (χ2v) is 5.61. The third-order valence-electron chi connectivity index (χ3n) is 2.80. The highest BCUT2D eigenvalue weighted by Gasteiger charge is 2.21. The van der Waals surface area contributed by atoms with Gasteiger partial charge in [-0.15, -0.1) is 0 Å². The number of aryl methyl sites for hydroxylation is 1. The third-order valence-corrected chi connectivity index (χ3v) is 2.80. The van der Waals surface area contributed by atoms with Gasteiger partial charge >= 0.3 is 6.09 Å². The lowest BCUT2D eigenvalue weighted by Crippen LogP contribution is -2.28. The highest BCUT2D eigenvalue weighted by atomic mass is 16.6. The Hall–Kier alpha value is -1.77. The SMILES string of the molecule is [CH2]CCc1cc2ccccc2n1C(=O)OC(C)(C)C. The molecule has 0 fully saturated rings. The summed E-state index contributed by atoms with van der Waals surface area (Å²) in [5.41, 5.74) is 1.34. The topological polar surface area (TPSA) is 31.2 Å². The van der Waals surface area contributed by atoms with Crippen LogP contribution in [0.4, 0.5) is 4.79 Å². The molecule has 0 atom stereocenters. The van der Waals surface area contributed by atoms with E-state index in [-0.39, 0.29) is 6.09 Å². The number of ether oxygens (including phenoxy) is 1. The Balaban J connectivity index is 2.50. The van der Waals surface area contributed by atoms with Gasteiger partial charge in [-0.2, -0.15) is 0 Å². The van der Waals surface area contributed by atoms with E-state index in [9.17, 15) is 4.79 Å². The zero-order valence-corrected chi connectivity index (χ0v) is 11.8. The first-order valence-corrected chi connectivity index (χ1v) is 6.54. The summed E-state index contributed by atoms with van der Waals surface area (Å²) in [6, 6.07) is 9.87. The summed E-state index contributed by atoms with van der Waals surface area (Å²) in [5.74, 6) is 0. The van der Waals surface area contributed by atoms with Crippen LogP contribution in [0.15, 0.2) is 30.3 Å². The van der Waals surface area contributed by atoms with Gasteiger partial charge in [0.05, 0.1) is 5.52 Å². The Morgan fingerprint density at radius 1 is 1.32 bits per heavy atom. The number of nitrogens with zero attached hydrogens (tertiary/aromatic N) is 1. The number of carbonyl (C=O) groups excluding carboxylic acids is 1. The van der Waals surface area contributed by atoms with E-state index in [1.54, 1.807) is 4.57 Å². The number of aromatic nitrogens is 1. The number of hydrogen-bond acceptors (Lipinski definition) is 2. The second kappa shape index (κ2) is 5.08. The fourth-order valence-corrected chi connectivity index (χ4v) is 2.10. The number of para-hydroxylation sites is 1. The predicted octanol–water partition coefficient (Wildman–Crippen LogP) is 4.19. The number of benzene rings is 1. The van der Waals surface area contributed by atoms with Crippen molar-refractivity contribution in [2.75, 3.05) is 0 Å². The van der Waals surface area contributed by atoms with Crippen LogP contribution in [-0.4, -0.2) is 16.3 Å². The maximum atomic E-state index is 12.4. The molecule has 0 aliphatic rings. The zero-order valence-electron chi connectivity index (χ0n) is 11.8. The molecule has 3 nitrogen and oxygen atoms in total. The first-order chi connectivity index (χ1) is 8.92. The van der Waals surface area contributed by atoms with Crippen molar-refractivity contribution in [3.8, 4) is 0 Å². The van der Waals surface area contributed by atoms with Crippen LogP contribution in [0.1, 0.15) is 32.9 Å². The highest BCUT2D eigenvalue weighted by Crippen LogP contribution is 2.22. The minimum absolute atomic E-state index is 0.322. The van der Waals surface area contributed by atoms with Gasteiger partial charge < -0.3 is 4.74 Å². The summed E-state index contributed by atoms with van der Waals surface area (Å²) in [6.45, 7) is 9.48. The monoisotopic (exact) mass is 258 g/mol. The third kappa shape index (κ3) is 2.98. The first-order valence-electron chi connectivity index (χ1n) is 6.54. The van der Waals surface area contributed by atoms with Crippen LogP contribution in [0.2, 0.25) is 0 Å². The average Bonchev–Trinajstić information content (AvgIpc) is 2.65. The summed E-state index contributed by atoms with van der Waals surface area (Å²) in [7, 11) is 0. The molecule has 1 aromatic heterocycles. The lowest BCUT2D eigenvalue weighted by molar-refractivity contribution is 0.0540. The molecule has 1 heterocycles. The van der Waals surface area contributed by atoms with Gasteiger partial charge in [-0.25, -0.2) is 9.36 Å². The highest BCUT2D eigenvalue weighted by molar-refractivity contribution is 5.91. The Kier molecular flexibility index (Phi) is 3.65. The van der Waals surface area contributed by atoms with E-state index in [1.165, 1.54) is 0 Å². The fraction of sp³-hybridized carbons (Fsp3) is 0.375. The van der Waals surface area contributed by atoms with Crippen molar-refractivity contribution in [2.45, 2.75) is 39.2 Å². The number of hydrogen-bond donors (Lipinski definition) is 0. The number of fused-ring (bicyclic) bond motifs is 1. The summed E-state index contributed by atoms with van der Waals surface area (Å²) in [5, 5.41) is 1.05. The fourth-order valence-electron chi connectivity index (χ4n) is 2.10. The molecule has 0 unspecified atom stereocenters. The van der Waals surface area contributed by atoms with Crippen molar-refractivity contribution in [3.05, 3.63) is 42.9 Å². The van der Waals surface area contributed by atoms with E-state index in [2.05, 4.69) is 6.92 Å². The molecular formula is C16H20NO2. The molecule has 0 spiro atoms. The summed E-state index contributed by atoms with van der Waals surface area (Å²) >= 11 is 0. The van der Waals surface area contributed by atoms with Gasteiger partial charge in [0.25, 0.3) is 0 Å². The molecular weight excluding hydrogens is 238 g/mol. The maximum Gasteiger partial charge on any atom is 0.419 e. The van der Waals surface area contributed by atoms with Gasteiger partial charge in [0.1, 0.15) is 5.60 Å². The van der Waals surface area contributed by atoms with Gasteiger partial charge in [0.15, 0.2) is 0 Å². The number of rotatable bonds is 2. The normalized spacial score (nSPS) is 11.8. The minimum Gasteiger partial charge on any atom is -0.443 e. The van der Waals surface area contributed by atoms with Gasteiger partial charge in [0.2, 0.25) is 0 Å². The van der Waals surface area contributed by atoms with Crippen LogP contribution >= 0.6 is 0 Å². The molecule has 3 heteroatoms. The molecule has 0 N–H and O–H groups in total. The predicted molar refractivity (Wildman–Crippen MR) is 77.2 cm³/mol. The summed E-state index contributed by atoms with van der Waals surface area (Å²) < 4.78 is 7.14. The molecule has 0 amide bonds. The second-order valence-electron chi connectivity index (χ2n) is 5.61. The van der Waals surface area contributed by atoms with E-state index in [0.717, 1.165) is 29.4 Å². The molecule has 1 aromatic carbocycles. The van der Waals surface area contributed by atoms with Gasteiger partial charge in [-0.1, -0.05) is 25.1 Å². The van der Waals surface area contributed by atoms with Crippen molar-refractivity contribution in [3.63, 3.8) is 0 Å². The standard InChI is InChI=1S/C16H20NO2/c1-5-8-13-11-12-9-6-7-10-14(12)17(13)15(18)19-16(2,3)4/h6-7,9-11H,1,5,8H2,2-4H3. The van der Waals surface area contributed by atoms with E-state index >= 15 is 0 Å². The molecule has 0 bridgehead atoms. The van der Waals surface area contributed by atoms with Crippen LogP contribution in [0.3, 0.4) is 0 Å². The molecule has 1 radical (unpaired) electrons. The minimum atomic E-state index is -0.496. The molecule has 0 aliphatic heterocycles. The molecule has 101 valence electrons. The van der Waals surface area contributed by atoms with Crippen LogP contribution in [0.5, 0.6) is 0 Å². The van der Waals surface area contributed by atoms with Crippen LogP contribution in [0.25, 0.3) is 10.9 Å². The number of carbonyl (C=O) groups is 1. The van der Waals surface area contributed by atoms with Crippen LogP contribution in [0, 0.1) is 6.92 Å². The smallest absolute Gasteiger partial charge is 0.419 e. The van der Waals surface area contributed by atoms with Gasteiger partial charge in [-0.05, 0) is 45.7 Å².